The fraction of sp³-hybridized carbons (Fsp3) is 0.500. The van der Waals surface area contributed by atoms with Gasteiger partial charge in [-0.1, -0.05) is 0 Å². The van der Waals surface area contributed by atoms with Crippen molar-refractivity contribution in [2.24, 2.45) is 0 Å². The van der Waals surface area contributed by atoms with Crippen molar-refractivity contribution in [1.82, 2.24) is 9.13 Å². The zero-order valence-corrected chi connectivity index (χ0v) is 49.9. The van der Waals surface area contributed by atoms with E-state index in [0.717, 1.165) is 90.5 Å². The topological polar surface area (TPSA) is 135 Å². The van der Waals surface area contributed by atoms with Gasteiger partial charge in [-0.2, -0.15) is 0 Å². The SMILES string of the molecule is C[N+](C)(CCC[N+](C)(C)CC1CCCN1c1ccc(N)cc1)CC1CCCN1c1ccc(N)cc1.Nc1ccc(N2CCCC2C[n+]2ccn(CCCn3cc[n+](CC4CCCN4c4ccc(N)cc4)c3)c2)cc1.[Cl-].[Cl-].[Cl-].[Cl-]. The Hall–Kier alpha value is -5.22. The van der Waals surface area contributed by atoms with E-state index in [2.05, 4.69) is 152 Å². The van der Waals surface area contributed by atoms with Gasteiger partial charge in [0.25, 0.3) is 0 Å². The van der Waals surface area contributed by atoms with E-state index in [-0.39, 0.29) is 49.6 Å². The van der Waals surface area contributed by atoms with Crippen LogP contribution < -0.4 is 101 Å². The minimum absolute atomic E-state index is 0. The summed E-state index contributed by atoms with van der Waals surface area (Å²) in [6.07, 6.45) is 25.8. The Morgan fingerprint density at radius 1 is 0.410 bits per heavy atom. The molecule has 0 radical (unpaired) electrons. The Labute approximate surface area is 491 Å². The zero-order chi connectivity index (χ0) is 51.7. The van der Waals surface area contributed by atoms with Gasteiger partial charge in [0.2, 0.25) is 12.7 Å². The van der Waals surface area contributed by atoms with E-state index in [4.69, 9.17) is 22.9 Å². The molecule has 4 aromatic carbocycles. The normalized spacial score (nSPS) is 19.1. The predicted molar refractivity (Wildman–Crippen MR) is 307 cm³/mol. The summed E-state index contributed by atoms with van der Waals surface area (Å²) in [6, 6.07) is 35.8. The molecule has 4 aliphatic heterocycles. The summed E-state index contributed by atoms with van der Waals surface area (Å²) in [5.41, 5.74) is 32.2. The van der Waals surface area contributed by atoms with Crippen LogP contribution in [0.3, 0.4) is 0 Å². The summed E-state index contributed by atoms with van der Waals surface area (Å²) >= 11 is 0. The van der Waals surface area contributed by atoms with Crippen molar-refractivity contribution in [2.45, 2.75) is 115 Å². The Kier molecular flexibility index (Phi) is 23.9. The van der Waals surface area contributed by atoms with Crippen LogP contribution in [0.5, 0.6) is 0 Å². The first-order valence-electron chi connectivity index (χ1n) is 27.9. The highest BCUT2D eigenvalue weighted by molar-refractivity contribution is 5.57. The Morgan fingerprint density at radius 3 is 1.00 bits per heavy atom. The van der Waals surface area contributed by atoms with E-state index in [1.165, 1.54) is 107 Å². The Balaban J connectivity index is 0.000000275. The lowest BCUT2D eigenvalue weighted by atomic mass is 10.1. The van der Waals surface area contributed by atoms with Crippen molar-refractivity contribution >= 4 is 45.5 Å². The third-order valence-corrected chi connectivity index (χ3v) is 16.5. The molecule has 4 fully saturated rings. The smallest absolute Gasteiger partial charge is 0.243 e. The standard InChI is InChI=1S/C31H42N8.C29H48N6.4ClH/c32-26-6-10-28(11-7-26)38-16-1-4-30(38)22-36-20-18-34(24-36)14-3-15-35-19-21-37(25-35)23-31-5-2-17-39(31)29-12-8-27(33)9-13-29;1-34(2,22-28-8-5-18-32(28)26-14-10-24(30)11-15-26)20-7-21-35(3,4)23-29-9-6-19-33(29)27-16-12-25(31)13-17-27;;;;/h6-13,18-21,24-25,30-31H,1-5,14-17,22-23,32-33H2;10-17,28-29H,5-9,18-23,30-31H2,1-4H3;4*1H/q2*+2;;;;/p-4. The molecule has 78 heavy (non-hydrogen) atoms. The van der Waals surface area contributed by atoms with Crippen molar-refractivity contribution in [2.75, 3.05) is 123 Å². The molecule has 14 nitrogen and oxygen atoms in total. The average Bonchev–Trinajstić information content (AvgIpc) is 4.27. The van der Waals surface area contributed by atoms with Gasteiger partial charge in [0.05, 0.1) is 91.6 Å². The zero-order valence-electron chi connectivity index (χ0n) is 46.9. The molecule has 10 rings (SSSR count). The van der Waals surface area contributed by atoms with Gasteiger partial charge in [-0.25, -0.2) is 18.3 Å². The van der Waals surface area contributed by atoms with E-state index < -0.39 is 0 Å². The first-order chi connectivity index (χ1) is 35.7. The summed E-state index contributed by atoms with van der Waals surface area (Å²) in [5, 5.41) is 0. The van der Waals surface area contributed by atoms with Crippen LogP contribution in [0.2, 0.25) is 0 Å². The first kappa shape index (κ1) is 63.6. The fourth-order valence-corrected chi connectivity index (χ4v) is 12.7. The summed E-state index contributed by atoms with van der Waals surface area (Å²) in [6.45, 7) is 13.5. The number of hydrogen-bond donors (Lipinski definition) is 4. The lowest BCUT2D eigenvalue weighted by Crippen LogP contribution is -3.00. The number of aromatic nitrogens is 4. The molecule has 4 saturated heterocycles. The minimum Gasteiger partial charge on any atom is -1.00 e. The lowest BCUT2D eigenvalue weighted by Gasteiger charge is -2.39. The largest absolute Gasteiger partial charge is 1.00 e. The van der Waals surface area contributed by atoms with Gasteiger partial charge < -0.3 is 101 Å². The number of aryl methyl sites for hydroxylation is 2. The van der Waals surface area contributed by atoms with Gasteiger partial charge in [-0.3, -0.25) is 0 Å². The van der Waals surface area contributed by atoms with Crippen molar-refractivity contribution in [3.63, 3.8) is 0 Å². The molecule has 0 spiro atoms. The van der Waals surface area contributed by atoms with E-state index in [9.17, 15) is 0 Å². The molecule has 0 saturated carbocycles. The number of nitrogen functional groups attached to an aromatic ring is 4. The number of nitrogens with two attached hydrogens (primary N) is 4. The molecule has 0 amide bonds. The van der Waals surface area contributed by atoms with E-state index in [0.29, 0.717) is 24.2 Å². The van der Waals surface area contributed by atoms with Crippen LogP contribution in [0, 0.1) is 0 Å². The monoisotopic (exact) mass is 1150 g/mol. The molecule has 6 heterocycles. The van der Waals surface area contributed by atoms with Gasteiger partial charge in [-0.15, -0.1) is 0 Å². The van der Waals surface area contributed by atoms with Crippen LogP contribution in [-0.4, -0.2) is 123 Å². The number of benzene rings is 4. The van der Waals surface area contributed by atoms with E-state index in [1.54, 1.807) is 0 Å². The summed E-state index contributed by atoms with van der Waals surface area (Å²) < 4.78 is 11.5. The van der Waals surface area contributed by atoms with E-state index in [1.807, 2.05) is 48.5 Å². The van der Waals surface area contributed by atoms with Crippen molar-refractivity contribution in [3.05, 3.63) is 135 Å². The highest BCUT2D eigenvalue weighted by Gasteiger charge is 2.34. The number of anilines is 8. The van der Waals surface area contributed by atoms with Gasteiger partial charge in [0, 0.05) is 84.5 Å². The third-order valence-electron chi connectivity index (χ3n) is 16.5. The number of halogens is 4. The number of imidazole rings is 2. The third kappa shape index (κ3) is 17.4. The molecular weight excluding hydrogens is 1060 g/mol. The first-order valence-corrected chi connectivity index (χ1v) is 27.9. The molecule has 4 aliphatic rings. The molecule has 0 bridgehead atoms. The van der Waals surface area contributed by atoms with Crippen LogP contribution in [-0.2, 0) is 26.2 Å². The quantitative estimate of drug-likeness (QED) is 0.0342. The number of nitrogens with zero attached hydrogens (tertiary/aromatic N) is 10. The molecule has 4 atom stereocenters. The Morgan fingerprint density at radius 2 is 0.692 bits per heavy atom. The molecule has 18 heteroatoms. The van der Waals surface area contributed by atoms with Gasteiger partial charge >= 0.3 is 0 Å². The summed E-state index contributed by atoms with van der Waals surface area (Å²) in [4.78, 5) is 10.3. The molecule has 8 N–H and O–H groups in total. The van der Waals surface area contributed by atoms with E-state index >= 15 is 0 Å². The predicted octanol–water partition coefficient (Wildman–Crippen LogP) is -4.50. The average molecular weight is 1150 g/mol. The molecule has 2 aromatic heterocycles. The van der Waals surface area contributed by atoms with Crippen LogP contribution in [0.15, 0.2) is 135 Å². The highest BCUT2D eigenvalue weighted by atomic mass is 35.5. The number of quaternary nitrogens is 2. The maximum atomic E-state index is 5.92. The van der Waals surface area contributed by atoms with Gasteiger partial charge in [0.15, 0.2) is 0 Å². The second-order valence-electron chi connectivity index (χ2n) is 23.4. The van der Waals surface area contributed by atoms with Gasteiger partial charge in [0.1, 0.15) is 37.9 Å². The minimum atomic E-state index is 0. The molecule has 4 unspecified atom stereocenters. The summed E-state index contributed by atoms with van der Waals surface area (Å²) in [5.74, 6) is 0. The number of rotatable bonds is 20. The van der Waals surface area contributed by atoms with Crippen molar-refractivity contribution < 1.29 is 67.7 Å². The lowest BCUT2D eigenvalue weighted by molar-refractivity contribution is -0.910. The second-order valence-corrected chi connectivity index (χ2v) is 23.4. The van der Waals surface area contributed by atoms with Crippen LogP contribution in [0.1, 0.15) is 64.2 Å². The van der Waals surface area contributed by atoms with Crippen LogP contribution in [0.25, 0.3) is 0 Å². The van der Waals surface area contributed by atoms with Crippen LogP contribution in [0.4, 0.5) is 45.5 Å². The van der Waals surface area contributed by atoms with Crippen molar-refractivity contribution in [1.29, 1.82) is 0 Å². The number of hydrogen-bond acceptors (Lipinski definition) is 8. The maximum absolute atomic E-state index is 5.92. The fourth-order valence-electron chi connectivity index (χ4n) is 12.7. The molecule has 6 aromatic rings. The summed E-state index contributed by atoms with van der Waals surface area (Å²) in [7, 11) is 9.66. The molecule has 428 valence electrons. The van der Waals surface area contributed by atoms with Crippen LogP contribution >= 0.6 is 0 Å². The molecule has 0 aliphatic carbocycles. The molecular formula is C60H90Cl4N14. The van der Waals surface area contributed by atoms with Gasteiger partial charge in [-0.05, 0) is 148 Å². The van der Waals surface area contributed by atoms with Crippen molar-refractivity contribution in [3.8, 4) is 0 Å². The highest BCUT2D eigenvalue weighted by Crippen LogP contribution is 2.31. The second kappa shape index (κ2) is 29.3. The maximum Gasteiger partial charge on any atom is 0.243 e. The number of likely N-dealkylation sites (N-methyl/N-ethyl adjacent to an activating group) is 2. The Bertz CT molecular complexity index is 2480.